The minimum atomic E-state index is -3.83. The lowest BCUT2D eigenvalue weighted by Crippen LogP contribution is -2.37. The number of rotatable bonds is 8. The number of para-hydroxylation sites is 1. The minimum absolute atomic E-state index is 0.00432. The first-order valence-electron chi connectivity index (χ1n) is 10.4. The molecule has 0 bridgehead atoms. The van der Waals surface area contributed by atoms with Crippen LogP contribution in [0.25, 0.3) is 10.9 Å². The summed E-state index contributed by atoms with van der Waals surface area (Å²) >= 11 is 0. The second-order valence-corrected chi connectivity index (χ2v) is 10.2. The highest BCUT2D eigenvalue weighted by Crippen LogP contribution is 2.20. The molecule has 2 aromatic carbocycles. The third kappa shape index (κ3) is 7.06. The van der Waals surface area contributed by atoms with Crippen LogP contribution in [0.4, 0.5) is 10.5 Å². The topological polar surface area (TPSA) is 129 Å². The molecule has 10 heteroatoms. The van der Waals surface area contributed by atoms with E-state index in [1.807, 2.05) is 24.3 Å². The van der Waals surface area contributed by atoms with Crippen molar-refractivity contribution in [3.63, 3.8) is 0 Å². The van der Waals surface area contributed by atoms with E-state index in [9.17, 15) is 18.0 Å². The molecule has 2 amide bonds. The van der Waals surface area contributed by atoms with Crippen molar-refractivity contribution in [1.82, 2.24) is 15.0 Å². The minimum Gasteiger partial charge on any atom is -0.444 e. The summed E-state index contributed by atoms with van der Waals surface area (Å²) in [6, 6.07) is 13.7. The van der Waals surface area contributed by atoms with E-state index in [2.05, 4.69) is 20.3 Å². The molecule has 0 atom stereocenters. The van der Waals surface area contributed by atoms with Gasteiger partial charge in [-0.2, -0.15) is 0 Å². The number of anilines is 1. The molecule has 0 aliphatic carbocycles. The predicted molar refractivity (Wildman–Crippen MR) is 126 cm³/mol. The number of aromatic nitrogens is 1. The maximum atomic E-state index is 12.6. The summed E-state index contributed by atoms with van der Waals surface area (Å²) in [4.78, 5) is 27.3. The highest BCUT2D eigenvalue weighted by Gasteiger charge is 2.17. The fourth-order valence-corrected chi connectivity index (χ4v) is 4.22. The Morgan fingerprint density at radius 2 is 1.79 bits per heavy atom. The molecule has 1 heterocycles. The molecular weight excluding hydrogens is 444 g/mol. The number of aromatic amines is 1. The Morgan fingerprint density at radius 3 is 2.55 bits per heavy atom. The average molecular weight is 473 g/mol. The SMILES string of the molecule is CC(C)(C)OC(=O)NCCNS(=O)(=O)c1cccc(NC(=O)Cc2c[nH]c3ccccc23)c1. The van der Waals surface area contributed by atoms with Gasteiger partial charge in [0, 0.05) is 35.9 Å². The van der Waals surface area contributed by atoms with Crippen LogP contribution >= 0.6 is 0 Å². The molecule has 33 heavy (non-hydrogen) atoms. The average Bonchev–Trinajstić information content (AvgIpc) is 3.13. The summed E-state index contributed by atoms with van der Waals surface area (Å²) in [6.07, 6.45) is 1.32. The van der Waals surface area contributed by atoms with E-state index in [0.717, 1.165) is 16.5 Å². The van der Waals surface area contributed by atoms with Gasteiger partial charge in [-0.1, -0.05) is 24.3 Å². The summed E-state index contributed by atoms with van der Waals surface area (Å²) in [5, 5.41) is 6.20. The molecule has 0 fully saturated rings. The van der Waals surface area contributed by atoms with Gasteiger partial charge in [0.1, 0.15) is 5.60 Å². The zero-order chi connectivity index (χ0) is 24.1. The van der Waals surface area contributed by atoms with E-state index in [0.29, 0.717) is 5.69 Å². The van der Waals surface area contributed by atoms with E-state index in [1.165, 1.54) is 12.1 Å². The van der Waals surface area contributed by atoms with Crippen molar-refractivity contribution < 1.29 is 22.7 Å². The number of H-pyrrole nitrogens is 1. The summed E-state index contributed by atoms with van der Waals surface area (Å²) in [6.45, 7) is 5.26. The van der Waals surface area contributed by atoms with E-state index in [4.69, 9.17) is 4.74 Å². The Bertz CT molecular complexity index is 1240. The van der Waals surface area contributed by atoms with Crippen LogP contribution in [0.15, 0.2) is 59.6 Å². The first-order chi connectivity index (χ1) is 15.5. The molecule has 176 valence electrons. The second-order valence-electron chi connectivity index (χ2n) is 8.44. The van der Waals surface area contributed by atoms with Crippen molar-refractivity contribution in [2.45, 2.75) is 37.7 Å². The number of benzene rings is 2. The smallest absolute Gasteiger partial charge is 0.407 e. The van der Waals surface area contributed by atoms with Crippen molar-refractivity contribution in [2.24, 2.45) is 0 Å². The molecule has 9 nitrogen and oxygen atoms in total. The van der Waals surface area contributed by atoms with Gasteiger partial charge in [-0.05, 0) is 50.6 Å². The zero-order valence-electron chi connectivity index (χ0n) is 18.8. The lowest BCUT2D eigenvalue weighted by Gasteiger charge is -2.19. The summed E-state index contributed by atoms with van der Waals surface area (Å²) < 4.78 is 32.7. The molecule has 0 saturated carbocycles. The van der Waals surface area contributed by atoms with Gasteiger partial charge in [0.05, 0.1) is 11.3 Å². The predicted octanol–water partition coefficient (Wildman–Crippen LogP) is 3.15. The number of hydrogen-bond acceptors (Lipinski definition) is 5. The van der Waals surface area contributed by atoms with Crippen molar-refractivity contribution in [1.29, 1.82) is 0 Å². The fraction of sp³-hybridized carbons (Fsp3) is 0.304. The number of sulfonamides is 1. The van der Waals surface area contributed by atoms with Crippen molar-refractivity contribution in [3.05, 3.63) is 60.3 Å². The van der Waals surface area contributed by atoms with Crippen molar-refractivity contribution >= 4 is 38.6 Å². The Hall–Kier alpha value is -3.37. The van der Waals surface area contributed by atoms with E-state index >= 15 is 0 Å². The van der Waals surface area contributed by atoms with Crippen LogP contribution in [0.5, 0.6) is 0 Å². The quantitative estimate of drug-likeness (QED) is 0.374. The standard InChI is InChI=1S/C23H28N4O5S/c1-23(2,3)32-22(29)24-11-12-26-33(30,31)18-8-6-7-17(14-18)27-21(28)13-16-15-25-20-10-5-4-9-19(16)20/h4-10,14-15,25-26H,11-13H2,1-3H3,(H,24,29)(H,27,28). The van der Waals surface area contributed by atoms with Gasteiger partial charge in [-0.25, -0.2) is 17.9 Å². The number of carbonyl (C=O) groups is 2. The molecule has 0 radical (unpaired) electrons. The monoisotopic (exact) mass is 472 g/mol. The van der Waals surface area contributed by atoms with Crippen molar-refractivity contribution in [2.75, 3.05) is 18.4 Å². The number of carbonyl (C=O) groups excluding carboxylic acids is 2. The summed E-state index contributed by atoms with van der Waals surface area (Å²) in [5.41, 5.74) is 1.53. The molecule has 0 aliphatic rings. The van der Waals surface area contributed by atoms with Crippen molar-refractivity contribution in [3.8, 4) is 0 Å². The van der Waals surface area contributed by atoms with Crippen LogP contribution in [0, 0.1) is 0 Å². The lowest BCUT2D eigenvalue weighted by atomic mass is 10.1. The molecule has 3 aromatic rings. The van der Waals surface area contributed by atoms with Crippen LogP contribution in [0.2, 0.25) is 0 Å². The third-order valence-corrected chi connectivity index (χ3v) is 6.00. The zero-order valence-corrected chi connectivity index (χ0v) is 19.6. The van der Waals surface area contributed by atoms with Gasteiger partial charge in [-0.15, -0.1) is 0 Å². The van der Waals surface area contributed by atoms with Crippen LogP contribution in [0.3, 0.4) is 0 Å². The molecule has 0 spiro atoms. The van der Waals surface area contributed by atoms with E-state index in [-0.39, 0.29) is 30.3 Å². The van der Waals surface area contributed by atoms with E-state index < -0.39 is 21.7 Å². The molecule has 3 rings (SSSR count). The number of nitrogens with one attached hydrogen (secondary N) is 4. The molecular formula is C23H28N4O5S. The number of ether oxygens (including phenoxy) is 1. The fourth-order valence-electron chi connectivity index (χ4n) is 3.14. The van der Waals surface area contributed by atoms with Gasteiger partial charge in [0.15, 0.2) is 0 Å². The van der Waals surface area contributed by atoms with Gasteiger partial charge < -0.3 is 20.4 Å². The molecule has 0 saturated heterocycles. The Balaban J connectivity index is 1.55. The molecule has 4 N–H and O–H groups in total. The maximum absolute atomic E-state index is 12.6. The number of hydrogen-bond donors (Lipinski definition) is 4. The Morgan fingerprint density at radius 1 is 1.03 bits per heavy atom. The first-order valence-corrected chi connectivity index (χ1v) is 11.9. The number of fused-ring (bicyclic) bond motifs is 1. The number of alkyl carbamates (subject to hydrolysis) is 1. The third-order valence-electron chi connectivity index (χ3n) is 4.54. The second kappa shape index (κ2) is 10.1. The largest absolute Gasteiger partial charge is 0.444 e. The van der Waals surface area contributed by atoms with Crippen LogP contribution < -0.4 is 15.4 Å². The molecule has 0 unspecified atom stereocenters. The lowest BCUT2D eigenvalue weighted by molar-refractivity contribution is -0.115. The van der Waals surface area contributed by atoms with Crippen LogP contribution in [-0.2, 0) is 26.0 Å². The highest BCUT2D eigenvalue weighted by atomic mass is 32.2. The molecule has 1 aromatic heterocycles. The van der Waals surface area contributed by atoms with Gasteiger partial charge in [0.25, 0.3) is 0 Å². The molecule has 0 aliphatic heterocycles. The maximum Gasteiger partial charge on any atom is 0.407 e. The van der Waals surface area contributed by atoms with Gasteiger partial charge in [-0.3, -0.25) is 4.79 Å². The highest BCUT2D eigenvalue weighted by molar-refractivity contribution is 7.89. The van der Waals surface area contributed by atoms with Gasteiger partial charge in [0.2, 0.25) is 15.9 Å². The number of amides is 2. The van der Waals surface area contributed by atoms with Crippen LogP contribution in [0.1, 0.15) is 26.3 Å². The summed E-state index contributed by atoms with van der Waals surface area (Å²) in [5.74, 6) is -0.260. The normalized spacial score (nSPS) is 11.8. The first kappa shape index (κ1) is 24.3. The Labute approximate surface area is 193 Å². The van der Waals surface area contributed by atoms with Gasteiger partial charge >= 0.3 is 6.09 Å². The van der Waals surface area contributed by atoms with E-state index in [1.54, 1.807) is 39.1 Å². The van der Waals surface area contributed by atoms with Crippen LogP contribution in [-0.4, -0.2) is 44.1 Å². The Kier molecular flexibility index (Phi) is 7.39. The summed E-state index contributed by atoms with van der Waals surface area (Å²) in [7, 11) is -3.83.